The van der Waals surface area contributed by atoms with Crippen LogP contribution in [0.25, 0.3) is 5.65 Å². The van der Waals surface area contributed by atoms with Gasteiger partial charge < -0.3 is 4.90 Å². The van der Waals surface area contributed by atoms with Gasteiger partial charge in [-0.25, -0.2) is 8.42 Å². The number of rotatable bonds is 4. The highest BCUT2D eigenvalue weighted by Gasteiger charge is 2.37. The first-order chi connectivity index (χ1) is 15.4. The molecular formula is C22H27N5O3S2. The molecule has 5 rings (SSSR count). The van der Waals surface area contributed by atoms with Crippen LogP contribution in [0.2, 0.25) is 0 Å². The van der Waals surface area contributed by atoms with E-state index in [0.29, 0.717) is 30.3 Å². The standard InChI is InChI=1S/C22H27N5O3S2/c1-16-9-10-20(31-16)32(29,30)26-12-5-7-18(15-26)22(28)25-11-4-6-17(14-25)21-24-23-19-8-2-3-13-27(19)21/h2-3,8-10,13,17-18H,4-7,11-12,14-15H2,1H3. The lowest BCUT2D eigenvalue weighted by Gasteiger charge is -2.37. The van der Waals surface area contributed by atoms with Gasteiger partial charge in [-0.05, 0) is 56.9 Å². The number of amides is 1. The van der Waals surface area contributed by atoms with E-state index >= 15 is 0 Å². The number of hydrogen-bond donors (Lipinski definition) is 0. The van der Waals surface area contributed by atoms with Gasteiger partial charge in [0.25, 0.3) is 10.0 Å². The van der Waals surface area contributed by atoms with E-state index in [2.05, 4.69) is 10.2 Å². The average molecular weight is 474 g/mol. The van der Waals surface area contributed by atoms with Crippen LogP contribution in [0.3, 0.4) is 0 Å². The predicted molar refractivity (Wildman–Crippen MR) is 122 cm³/mol. The molecule has 170 valence electrons. The van der Waals surface area contributed by atoms with Crippen molar-refractivity contribution >= 4 is 32.9 Å². The molecule has 0 N–H and O–H groups in total. The van der Waals surface area contributed by atoms with Crippen molar-refractivity contribution in [1.29, 1.82) is 0 Å². The summed E-state index contributed by atoms with van der Waals surface area (Å²) in [5.74, 6) is 0.779. The van der Waals surface area contributed by atoms with E-state index in [9.17, 15) is 13.2 Å². The summed E-state index contributed by atoms with van der Waals surface area (Å²) in [7, 11) is -3.55. The second kappa shape index (κ2) is 8.57. The van der Waals surface area contributed by atoms with Crippen molar-refractivity contribution in [3.63, 3.8) is 0 Å². The van der Waals surface area contributed by atoms with Gasteiger partial charge >= 0.3 is 0 Å². The topological polar surface area (TPSA) is 87.9 Å². The fourth-order valence-corrected chi connectivity index (χ4v) is 7.79. The number of aromatic nitrogens is 3. The van der Waals surface area contributed by atoms with Crippen LogP contribution >= 0.6 is 11.3 Å². The Morgan fingerprint density at radius 1 is 1.06 bits per heavy atom. The number of carbonyl (C=O) groups excluding carboxylic acids is 1. The molecule has 2 aliphatic rings. The Balaban J connectivity index is 1.30. The minimum Gasteiger partial charge on any atom is -0.342 e. The van der Waals surface area contributed by atoms with E-state index in [1.54, 1.807) is 6.07 Å². The maximum absolute atomic E-state index is 13.4. The van der Waals surface area contributed by atoms with E-state index in [4.69, 9.17) is 0 Å². The van der Waals surface area contributed by atoms with Gasteiger partial charge in [0.05, 0.1) is 5.92 Å². The first-order valence-electron chi connectivity index (χ1n) is 11.1. The van der Waals surface area contributed by atoms with Crippen LogP contribution in [-0.4, -0.2) is 64.3 Å². The molecule has 0 saturated carbocycles. The number of hydrogen-bond acceptors (Lipinski definition) is 6. The summed E-state index contributed by atoms with van der Waals surface area (Å²) in [5, 5.41) is 8.65. The van der Waals surface area contributed by atoms with Crippen molar-refractivity contribution in [3.8, 4) is 0 Å². The van der Waals surface area contributed by atoms with Gasteiger partial charge in [-0.2, -0.15) is 4.31 Å². The van der Waals surface area contributed by atoms with Crippen LogP contribution in [0.1, 0.15) is 42.3 Å². The second-order valence-corrected chi connectivity index (χ2v) is 12.1. The Labute approximate surface area is 191 Å². The number of piperidine rings is 2. The quantitative estimate of drug-likeness (QED) is 0.581. The van der Waals surface area contributed by atoms with E-state index in [-0.39, 0.29) is 24.3 Å². The number of thiophene rings is 1. The van der Waals surface area contributed by atoms with Gasteiger partial charge in [-0.15, -0.1) is 21.5 Å². The minimum atomic E-state index is -3.55. The summed E-state index contributed by atoms with van der Waals surface area (Å²) in [5.41, 5.74) is 0.808. The van der Waals surface area contributed by atoms with E-state index < -0.39 is 10.0 Å². The summed E-state index contributed by atoms with van der Waals surface area (Å²) < 4.78 is 30.0. The molecule has 8 nitrogen and oxygen atoms in total. The normalized spacial score (nSPS) is 23.0. The van der Waals surface area contributed by atoms with E-state index in [0.717, 1.165) is 35.6 Å². The Morgan fingerprint density at radius 2 is 1.91 bits per heavy atom. The van der Waals surface area contributed by atoms with Crippen LogP contribution in [-0.2, 0) is 14.8 Å². The van der Waals surface area contributed by atoms with Crippen molar-refractivity contribution in [2.45, 2.75) is 42.7 Å². The van der Waals surface area contributed by atoms with Crippen molar-refractivity contribution in [2.75, 3.05) is 26.2 Å². The molecule has 10 heteroatoms. The zero-order valence-corrected chi connectivity index (χ0v) is 19.7. The summed E-state index contributed by atoms with van der Waals surface area (Å²) in [6.07, 6.45) is 5.25. The smallest absolute Gasteiger partial charge is 0.252 e. The molecule has 0 aromatic carbocycles. The maximum Gasteiger partial charge on any atom is 0.252 e. The largest absolute Gasteiger partial charge is 0.342 e. The second-order valence-electron chi connectivity index (χ2n) is 8.68. The van der Waals surface area contributed by atoms with Crippen LogP contribution in [0.5, 0.6) is 0 Å². The molecular weight excluding hydrogens is 446 g/mol. The fraction of sp³-hybridized carbons (Fsp3) is 0.500. The summed E-state index contributed by atoms with van der Waals surface area (Å²) in [6.45, 7) is 3.93. The van der Waals surface area contributed by atoms with Gasteiger partial charge in [-0.1, -0.05) is 6.07 Å². The van der Waals surface area contributed by atoms with Crippen molar-refractivity contribution < 1.29 is 13.2 Å². The first kappa shape index (κ1) is 21.5. The number of pyridine rings is 1. The molecule has 2 saturated heterocycles. The molecule has 0 radical (unpaired) electrons. The zero-order valence-electron chi connectivity index (χ0n) is 18.1. The Kier molecular flexibility index (Phi) is 5.77. The highest BCUT2D eigenvalue weighted by molar-refractivity contribution is 7.91. The third kappa shape index (κ3) is 3.95. The molecule has 5 heterocycles. The molecule has 0 bridgehead atoms. The maximum atomic E-state index is 13.4. The van der Waals surface area contributed by atoms with Gasteiger partial charge in [-0.3, -0.25) is 9.20 Å². The Bertz CT molecular complexity index is 1240. The molecule has 0 spiro atoms. The SMILES string of the molecule is Cc1ccc(S(=O)(=O)N2CCCC(C(=O)N3CCCC(c4nnc5ccccn45)C3)C2)s1. The summed E-state index contributed by atoms with van der Waals surface area (Å²) in [6, 6.07) is 9.31. The number of sulfonamides is 1. The molecule has 3 aromatic rings. The van der Waals surface area contributed by atoms with E-state index in [1.165, 1.54) is 15.6 Å². The monoisotopic (exact) mass is 473 g/mol. The predicted octanol–water partition coefficient (Wildman–Crippen LogP) is 2.91. The number of fused-ring (bicyclic) bond motifs is 1. The number of likely N-dealkylation sites (tertiary alicyclic amines) is 1. The zero-order chi connectivity index (χ0) is 22.3. The fourth-order valence-electron chi connectivity index (χ4n) is 4.82. The molecule has 0 aliphatic carbocycles. The molecule has 32 heavy (non-hydrogen) atoms. The third-order valence-corrected chi connectivity index (χ3v) is 9.81. The Morgan fingerprint density at radius 3 is 2.72 bits per heavy atom. The van der Waals surface area contributed by atoms with Crippen molar-refractivity contribution in [2.24, 2.45) is 5.92 Å². The van der Waals surface area contributed by atoms with Crippen LogP contribution in [0.15, 0.2) is 40.7 Å². The lowest BCUT2D eigenvalue weighted by molar-refractivity contribution is -0.138. The average Bonchev–Trinajstić information content (AvgIpc) is 3.45. The van der Waals surface area contributed by atoms with Gasteiger partial charge in [0, 0.05) is 43.2 Å². The lowest BCUT2D eigenvalue weighted by atomic mass is 9.93. The molecule has 2 atom stereocenters. The van der Waals surface area contributed by atoms with Crippen molar-refractivity contribution in [3.05, 3.63) is 47.2 Å². The molecule has 1 amide bonds. The van der Waals surface area contributed by atoms with E-state index in [1.807, 2.05) is 46.7 Å². The molecule has 2 unspecified atom stereocenters. The van der Waals surface area contributed by atoms with Crippen LogP contribution in [0, 0.1) is 12.8 Å². The first-order valence-corrected chi connectivity index (χ1v) is 13.3. The number of nitrogens with zero attached hydrogens (tertiary/aromatic N) is 5. The number of aryl methyl sites for hydroxylation is 1. The van der Waals surface area contributed by atoms with Crippen LogP contribution < -0.4 is 0 Å². The highest BCUT2D eigenvalue weighted by atomic mass is 32.2. The number of carbonyl (C=O) groups is 1. The molecule has 3 aromatic heterocycles. The summed E-state index contributed by atoms with van der Waals surface area (Å²) >= 11 is 1.29. The Hall–Kier alpha value is -2.30. The van der Waals surface area contributed by atoms with Gasteiger partial charge in [0.2, 0.25) is 5.91 Å². The van der Waals surface area contributed by atoms with Crippen molar-refractivity contribution in [1.82, 2.24) is 23.8 Å². The minimum absolute atomic E-state index is 0.0609. The lowest BCUT2D eigenvalue weighted by Crippen LogP contribution is -2.48. The van der Waals surface area contributed by atoms with Gasteiger partial charge in [0.15, 0.2) is 5.65 Å². The molecule has 2 fully saturated rings. The summed E-state index contributed by atoms with van der Waals surface area (Å²) in [4.78, 5) is 16.3. The molecule has 2 aliphatic heterocycles. The van der Waals surface area contributed by atoms with Gasteiger partial charge in [0.1, 0.15) is 10.0 Å². The van der Waals surface area contributed by atoms with Crippen LogP contribution in [0.4, 0.5) is 0 Å². The highest BCUT2D eigenvalue weighted by Crippen LogP contribution is 2.31. The third-order valence-electron chi connectivity index (χ3n) is 6.48.